The van der Waals surface area contributed by atoms with Crippen LogP contribution in [-0.4, -0.2) is 32.7 Å². The van der Waals surface area contributed by atoms with Crippen molar-refractivity contribution in [2.75, 3.05) is 7.11 Å². The van der Waals surface area contributed by atoms with Crippen LogP contribution in [0.4, 0.5) is 0 Å². The standard InChI is InChI=1S/C10H11ClN4O2/c1-5-9(11)6(2)15-10(12-5)13-7(14-15)4-8(16)17-3/h4H2,1-3H3. The van der Waals surface area contributed by atoms with Crippen LogP contribution in [0.3, 0.4) is 0 Å². The molecule has 0 spiro atoms. The Hall–Kier alpha value is -1.69. The number of halogens is 1. The minimum absolute atomic E-state index is 0.0238. The smallest absolute Gasteiger partial charge is 0.313 e. The fraction of sp³-hybridized carbons (Fsp3) is 0.400. The van der Waals surface area contributed by atoms with Crippen molar-refractivity contribution in [1.29, 1.82) is 0 Å². The second-order valence-electron chi connectivity index (χ2n) is 3.59. The number of nitrogens with zero attached hydrogens (tertiary/aromatic N) is 4. The van der Waals surface area contributed by atoms with Crippen LogP contribution in [0.5, 0.6) is 0 Å². The second-order valence-corrected chi connectivity index (χ2v) is 3.97. The van der Waals surface area contributed by atoms with Gasteiger partial charge >= 0.3 is 5.97 Å². The normalized spacial score (nSPS) is 10.8. The molecule has 0 unspecified atom stereocenters. The van der Waals surface area contributed by atoms with Gasteiger partial charge in [-0.1, -0.05) is 11.6 Å². The van der Waals surface area contributed by atoms with Crippen molar-refractivity contribution in [3.05, 3.63) is 22.2 Å². The Morgan fingerprint density at radius 3 is 2.76 bits per heavy atom. The molecule has 0 bridgehead atoms. The Kier molecular flexibility index (Phi) is 2.97. The molecule has 7 heteroatoms. The molecule has 0 aliphatic rings. The zero-order chi connectivity index (χ0) is 12.6. The van der Waals surface area contributed by atoms with Gasteiger partial charge in [-0.3, -0.25) is 4.79 Å². The first kappa shape index (κ1) is 11.8. The summed E-state index contributed by atoms with van der Waals surface area (Å²) in [5, 5.41) is 4.71. The number of hydrogen-bond donors (Lipinski definition) is 0. The topological polar surface area (TPSA) is 69.4 Å². The van der Waals surface area contributed by atoms with E-state index in [1.807, 2.05) is 6.92 Å². The Morgan fingerprint density at radius 2 is 2.12 bits per heavy atom. The molecule has 0 N–H and O–H groups in total. The molecule has 0 saturated heterocycles. The molecule has 0 atom stereocenters. The summed E-state index contributed by atoms with van der Waals surface area (Å²) in [5.41, 5.74) is 1.44. The lowest BCUT2D eigenvalue weighted by atomic mass is 10.3. The number of fused-ring (bicyclic) bond motifs is 1. The number of esters is 1. The van der Waals surface area contributed by atoms with Crippen molar-refractivity contribution in [2.45, 2.75) is 20.3 Å². The molecule has 0 aliphatic heterocycles. The summed E-state index contributed by atoms with van der Waals surface area (Å²) in [6.07, 6.45) is 0.0238. The quantitative estimate of drug-likeness (QED) is 0.751. The molecule has 0 radical (unpaired) electrons. The lowest BCUT2D eigenvalue weighted by Gasteiger charge is -2.02. The third-order valence-corrected chi connectivity index (χ3v) is 2.93. The molecule has 2 aromatic heterocycles. The zero-order valence-electron chi connectivity index (χ0n) is 9.69. The van der Waals surface area contributed by atoms with Gasteiger partial charge in [-0.2, -0.15) is 9.50 Å². The van der Waals surface area contributed by atoms with Gasteiger partial charge in [0.25, 0.3) is 5.78 Å². The van der Waals surface area contributed by atoms with Gasteiger partial charge < -0.3 is 4.74 Å². The van der Waals surface area contributed by atoms with Crippen molar-refractivity contribution in [2.24, 2.45) is 0 Å². The predicted molar refractivity (Wildman–Crippen MR) is 61.0 cm³/mol. The highest BCUT2D eigenvalue weighted by molar-refractivity contribution is 6.31. The van der Waals surface area contributed by atoms with E-state index in [2.05, 4.69) is 19.8 Å². The number of ether oxygens (including phenoxy) is 1. The summed E-state index contributed by atoms with van der Waals surface area (Å²) in [7, 11) is 1.32. The summed E-state index contributed by atoms with van der Waals surface area (Å²) in [5.74, 6) is 0.416. The van der Waals surface area contributed by atoms with Crippen LogP contribution in [0.15, 0.2) is 0 Å². The lowest BCUT2D eigenvalue weighted by Crippen LogP contribution is -2.06. The minimum Gasteiger partial charge on any atom is -0.469 e. The predicted octanol–water partition coefficient (Wildman–Crippen LogP) is 1.11. The van der Waals surface area contributed by atoms with Gasteiger partial charge in [0.2, 0.25) is 0 Å². The minimum atomic E-state index is -0.388. The van der Waals surface area contributed by atoms with Gasteiger partial charge in [0.05, 0.1) is 23.5 Å². The maximum atomic E-state index is 11.1. The van der Waals surface area contributed by atoms with Crippen LogP contribution < -0.4 is 0 Å². The summed E-state index contributed by atoms with van der Waals surface area (Å²) in [4.78, 5) is 19.5. The number of carbonyl (C=O) groups is 1. The fourth-order valence-electron chi connectivity index (χ4n) is 1.47. The number of methoxy groups -OCH3 is 1. The van der Waals surface area contributed by atoms with E-state index in [0.717, 1.165) is 5.69 Å². The molecule has 2 rings (SSSR count). The van der Waals surface area contributed by atoms with E-state index in [4.69, 9.17) is 11.6 Å². The zero-order valence-corrected chi connectivity index (χ0v) is 10.4. The molecule has 0 amide bonds. The summed E-state index contributed by atoms with van der Waals surface area (Å²) < 4.78 is 6.07. The first-order chi connectivity index (χ1) is 8.02. The van der Waals surface area contributed by atoms with E-state index in [-0.39, 0.29) is 12.4 Å². The monoisotopic (exact) mass is 254 g/mol. The molecule has 17 heavy (non-hydrogen) atoms. The number of rotatable bonds is 2. The first-order valence-electron chi connectivity index (χ1n) is 4.98. The molecular weight excluding hydrogens is 244 g/mol. The SMILES string of the molecule is COC(=O)Cc1nc2nc(C)c(Cl)c(C)n2n1. The highest BCUT2D eigenvalue weighted by Gasteiger charge is 2.14. The molecule has 0 fully saturated rings. The highest BCUT2D eigenvalue weighted by Crippen LogP contribution is 2.18. The molecule has 2 heterocycles. The maximum absolute atomic E-state index is 11.1. The van der Waals surface area contributed by atoms with Gasteiger partial charge in [-0.25, -0.2) is 4.98 Å². The van der Waals surface area contributed by atoms with Crippen molar-refractivity contribution in [1.82, 2.24) is 19.6 Å². The molecule has 2 aromatic rings. The molecular formula is C10H11ClN4O2. The van der Waals surface area contributed by atoms with E-state index < -0.39 is 0 Å². The van der Waals surface area contributed by atoms with Crippen LogP contribution in [0.1, 0.15) is 17.2 Å². The van der Waals surface area contributed by atoms with Crippen molar-refractivity contribution in [3.8, 4) is 0 Å². The van der Waals surface area contributed by atoms with Gasteiger partial charge in [0.15, 0.2) is 5.82 Å². The second kappa shape index (κ2) is 4.29. The average Bonchev–Trinajstić information content (AvgIpc) is 2.68. The van der Waals surface area contributed by atoms with Crippen LogP contribution in [-0.2, 0) is 16.0 Å². The van der Waals surface area contributed by atoms with Gasteiger partial charge in [0, 0.05) is 0 Å². The van der Waals surface area contributed by atoms with Gasteiger partial charge in [0.1, 0.15) is 6.42 Å². The summed E-state index contributed by atoms with van der Waals surface area (Å²) >= 11 is 6.06. The van der Waals surface area contributed by atoms with Crippen LogP contribution in [0.25, 0.3) is 5.78 Å². The number of hydrogen-bond acceptors (Lipinski definition) is 5. The Labute approximate surface area is 103 Å². The van der Waals surface area contributed by atoms with Crippen LogP contribution in [0, 0.1) is 13.8 Å². The fourth-order valence-corrected chi connectivity index (χ4v) is 1.59. The molecule has 6 nitrogen and oxygen atoms in total. The van der Waals surface area contributed by atoms with Crippen LogP contribution >= 0.6 is 11.6 Å². The van der Waals surface area contributed by atoms with Crippen LogP contribution in [0.2, 0.25) is 5.02 Å². The van der Waals surface area contributed by atoms with E-state index in [1.165, 1.54) is 11.6 Å². The highest BCUT2D eigenvalue weighted by atomic mass is 35.5. The number of aryl methyl sites for hydroxylation is 2. The number of aromatic nitrogens is 4. The van der Waals surface area contributed by atoms with E-state index in [9.17, 15) is 4.79 Å². The molecule has 0 aliphatic carbocycles. The van der Waals surface area contributed by atoms with E-state index >= 15 is 0 Å². The van der Waals surface area contributed by atoms with Crippen molar-refractivity contribution < 1.29 is 9.53 Å². The third-order valence-electron chi connectivity index (χ3n) is 2.38. The summed E-state index contributed by atoms with van der Waals surface area (Å²) in [6.45, 7) is 3.62. The Morgan fingerprint density at radius 1 is 1.41 bits per heavy atom. The molecule has 0 aromatic carbocycles. The van der Waals surface area contributed by atoms with E-state index in [0.29, 0.717) is 22.3 Å². The largest absolute Gasteiger partial charge is 0.469 e. The Bertz CT molecular complexity index is 593. The third kappa shape index (κ3) is 2.08. The Balaban J connectivity index is 2.50. The summed E-state index contributed by atoms with van der Waals surface area (Å²) in [6, 6.07) is 0. The maximum Gasteiger partial charge on any atom is 0.313 e. The molecule has 90 valence electrons. The van der Waals surface area contributed by atoms with Crippen molar-refractivity contribution >= 4 is 23.3 Å². The first-order valence-corrected chi connectivity index (χ1v) is 5.36. The lowest BCUT2D eigenvalue weighted by molar-refractivity contribution is -0.139. The van der Waals surface area contributed by atoms with Gasteiger partial charge in [-0.05, 0) is 13.8 Å². The molecule has 0 saturated carbocycles. The average molecular weight is 255 g/mol. The number of carbonyl (C=O) groups excluding carboxylic acids is 1. The van der Waals surface area contributed by atoms with Gasteiger partial charge in [-0.15, -0.1) is 5.10 Å². The van der Waals surface area contributed by atoms with Crippen molar-refractivity contribution in [3.63, 3.8) is 0 Å². The van der Waals surface area contributed by atoms with E-state index in [1.54, 1.807) is 6.92 Å².